The van der Waals surface area contributed by atoms with Crippen LogP contribution in [-0.4, -0.2) is 54.4 Å². The van der Waals surface area contributed by atoms with Crippen LogP contribution in [0.5, 0.6) is 0 Å². The number of carboxylic acids is 1. The number of nitro benzene ring substituents is 1. The molecule has 0 bridgehead atoms. The topological polar surface area (TPSA) is 156 Å². The molecule has 4 rings (SSSR count). The minimum atomic E-state index is -1.29. The smallest absolute Gasteiger partial charge is 0.327 e. The number of aliphatic carboxylic acids is 1. The van der Waals surface area contributed by atoms with Crippen LogP contribution in [0, 0.1) is 10.1 Å². The maximum absolute atomic E-state index is 13.0. The number of β-lactam (4-membered cyclic amide) rings is 1. The number of fused-ring (bicyclic) bond motifs is 2. The largest absolute Gasteiger partial charge is 0.480 e. The molecule has 2 aromatic rings. The lowest BCUT2D eigenvalue weighted by molar-refractivity contribution is -0.384. The third kappa shape index (κ3) is 3.11. The van der Waals surface area contributed by atoms with Gasteiger partial charge in [0, 0.05) is 16.9 Å². The molecule has 0 aromatic heterocycles. The van der Waals surface area contributed by atoms with E-state index in [1.807, 2.05) is 0 Å². The lowest BCUT2D eigenvalue weighted by Gasteiger charge is -2.51. The summed E-state index contributed by atoms with van der Waals surface area (Å²) < 4.78 is -0.721. The number of amides is 2. The molecule has 10 nitrogen and oxygen atoms in total. The van der Waals surface area contributed by atoms with E-state index in [2.05, 4.69) is 5.32 Å². The fourth-order valence-electron chi connectivity index (χ4n) is 4.49. The summed E-state index contributed by atoms with van der Waals surface area (Å²) in [6, 6.07) is 7.17. The van der Waals surface area contributed by atoms with Crippen molar-refractivity contribution in [2.24, 2.45) is 5.73 Å². The molecule has 0 radical (unpaired) electrons. The van der Waals surface area contributed by atoms with E-state index in [9.17, 15) is 29.6 Å². The molecule has 2 aliphatic heterocycles. The van der Waals surface area contributed by atoms with Gasteiger partial charge in [-0.05, 0) is 43.2 Å². The van der Waals surface area contributed by atoms with Crippen molar-refractivity contribution in [3.05, 3.63) is 52.1 Å². The van der Waals surface area contributed by atoms with Gasteiger partial charge >= 0.3 is 5.97 Å². The van der Waals surface area contributed by atoms with Gasteiger partial charge in [-0.25, -0.2) is 4.79 Å². The summed E-state index contributed by atoms with van der Waals surface area (Å²) in [4.78, 5) is 49.5. The highest BCUT2D eigenvalue weighted by Gasteiger charge is 2.70. The second-order valence-electron chi connectivity index (χ2n) is 8.71. The highest BCUT2D eigenvalue weighted by atomic mass is 32.2. The number of thioether (sulfide) groups is 1. The summed E-state index contributed by atoms with van der Waals surface area (Å²) in [6.45, 7) is 5.08. The van der Waals surface area contributed by atoms with Crippen molar-refractivity contribution in [1.82, 2.24) is 10.2 Å². The van der Waals surface area contributed by atoms with Gasteiger partial charge < -0.3 is 21.1 Å². The van der Waals surface area contributed by atoms with Crippen molar-refractivity contribution >= 4 is 46.0 Å². The van der Waals surface area contributed by atoms with Gasteiger partial charge in [0.25, 0.3) is 11.6 Å². The van der Waals surface area contributed by atoms with Gasteiger partial charge in [-0.1, -0.05) is 18.2 Å². The summed E-state index contributed by atoms with van der Waals surface area (Å²) in [7, 11) is 0. The fourth-order valence-corrected chi connectivity index (χ4v) is 6.14. The van der Waals surface area contributed by atoms with Gasteiger partial charge in [-0.15, -0.1) is 11.8 Å². The SMILES string of the molecule is CC1(C)S[C@H]2N(C(=O)[C@]2(C)NC(=O)C(N)c2cccc3cc([N+](=O)[O-])ccc23)[C@H]1C(=O)O. The Morgan fingerprint density at radius 1 is 1.28 bits per heavy atom. The molecule has 2 fully saturated rings. The number of nitro groups is 1. The van der Waals surface area contributed by atoms with Gasteiger partial charge in [0.05, 0.1) is 4.92 Å². The number of nitrogens with zero attached hydrogens (tertiary/aromatic N) is 2. The zero-order valence-corrected chi connectivity index (χ0v) is 18.4. The van der Waals surface area contributed by atoms with E-state index in [-0.39, 0.29) is 5.69 Å². The summed E-state index contributed by atoms with van der Waals surface area (Å²) >= 11 is 1.33. The number of carbonyl (C=O) groups is 3. The molecule has 2 heterocycles. The lowest BCUT2D eigenvalue weighted by atomic mass is 9.85. The molecule has 1 unspecified atom stereocenters. The molecule has 2 aliphatic rings. The van der Waals surface area contributed by atoms with Gasteiger partial charge in [-0.3, -0.25) is 19.7 Å². The minimum absolute atomic E-state index is 0.0748. The molecule has 0 aliphatic carbocycles. The predicted octanol–water partition coefficient (Wildman–Crippen LogP) is 1.77. The molecule has 2 aromatic carbocycles. The molecule has 0 spiro atoms. The van der Waals surface area contributed by atoms with E-state index in [0.717, 1.165) is 0 Å². The van der Waals surface area contributed by atoms with Crippen LogP contribution in [0.3, 0.4) is 0 Å². The van der Waals surface area contributed by atoms with E-state index in [1.54, 1.807) is 45.0 Å². The van der Waals surface area contributed by atoms with Crippen LogP contribution in [0.15, 0.2) is 36.4 Å². The van der Waals surface area contributed by atoms with Gasteiger partial charge in [-0.2, -0.15) is 0 Å². The van der Waals surface area contributed by atoms with E-state index in [0.29, 0.717) is 16.3 Å². The van der Waals surface area contributed by atoms with Gasteiger partial charge in [0.2, 0.25) is 5.91 Å². The van der Waals surface area contributed by atoms with E-state index in [1.165, 1.54) is 28.8 Å². The number of rotatable bonds is 5. The number of benzene rings is 2. The molecule has 168 valence electrons. The molecular weight excluding hydrogens is 436 g/mol. The van der Waals surface area contributed by atoms with Crippen LogP contribution in [0.25, 0.3) is 10.8 Å². The zero-order chi connectivity index (χ0) is 23.6. The molecule has 4 N–H and O–H groups in total. The predicted molar refractivity (Wildman–Crippen MR) is 118 cm³/mol. The summed E-state index contributed by atoms with van der Waals surface area (Å²) in [5, 5.41) is 24.0. The van der Waals surface area contributed by atoms with E-state index in [4.69, 9.17) is 5.73 Å². The molecule has 32 heavy (non-hydrogen) atoms. The van der Waals surface area contributed by atoms with E-state index >= 15 is 0 Å². The first-order chi connectivity index (χ1) is 14.9. The van der Waals surface area contributed by atoms with Crippen molar-refractivity contribution in [3.63, 3.8) is 0 Å². The number of nitrogens with one attached hydrogen (secondary N) is 1. The quantitative estimate of drug-likeness (QED) is 0.348. The Hall–Kier alpha value is -3.18. The Bertz CT molecular complexity index is 1180. The van der Waals surface area contributed by atoms with Crippen molar-refractivity contribution < 1.29 is 24.4 Å². The van der Waals surface area contributed by atoms with Gasteiger partial charge in [0.15, 0.2) is 0 Å². The highest BCUT2D eigenvalue weighted by molar-refractivity contribution is 8.01. The number of carbonyl (C=O) groups excluding carboxylic acids is 2. The molecule has 0 saturated carbocycles. The Balaban J connectivity index is 1.59. The van der Waals surface area contributed by atoms with Crippen molar-refractivity contribution in [1.29, 1.82) is 0 Å². The van der Waals surface area contributed by atoms with E-state index < -0.39 is 50.5 Å². The van der Waals surface area contributed by atoms with Crippen molar-refractivity contribution in [3.8, 4) is 0 Å². The Labute approximate surface area is 187 Å². The normalized spacial score (nSPS) is 26.9. The number of hydrogen-bond acceptors (Lipinski definition) is 7. The maximum atomic E-state index is 13.0. The summed E-state index contributed by atoms with van der Waals surface area (Å²) in [5.41, 5.74) is 5.33. The Morgan fingerprint density at radius 2 is 1.97 bits per heavy atom. The average molecular weight is 458 g/mol. The van der Waals surface area contributed by atoms with Gasteiger partial charge in [0.1, 0.15) is 23.0 Å². The number of nitrogens with two attached hydrogens (primary N) is 1. The second-order valence-corrected chi connectivity index (χ2v) is 10.4. The van der Waals surface area contributed by atoms with Crippen LogP contribution in [-0.2, 0) is 14.4 Å². The number of hydrogen-bond donors (Lipinski definition) is 3. The van der Waals surface area contributed by atoms with Crippen LogP contribution in [0.2, 0.25) is 0 Å². The van der Waals surface area contributed by atoms with Crippen LogP contribution in [0.1, 0.15) is 32.4 Å². The van der Waals surface area contributed by atoms with Crippen molar-refractivity contribution in [2.45, 2.75) is 48.5 Å². The van der Waals surface area contributed by atoms with Crippen molar-refractivity contribution in [2.75, 3.05) is 0 Å². The highest BCUT2D eigenvalue weighted by Crippen LogP contribution is 2.54. The maximum Gasteiger partial charge on any atom is 0.327 e. The third-order valence-corrected chi connectivity index (χ3v) is 7.87. The molecule has 11 heteroatoms. The molecule has 2 saturated heterocycles. The Kier molecular flexibility index (Phi) is 4.94. The average Bonchev–Trinajstić information content (AvgIpc) is 3.01. The second kappa shape index (κ2) is 7.17. The standard InChI is InChI=1S/C21H22N4O6S/c1-20(2)15(17(27)28)24-18(29)21(3,19(24)32-20)23-16(26)14(22)13-6-4-5-10-9-11(25(30)31)7-8-12(10)13/h4-9,14-15,19H,22H2,1-3H3,(H,23,26)(H,27,28)/t14?,15-,19+,21-/m0/s1. The number of carboxylic acid groups (broad SMARTS) is 1. The molecule has 4 atom stereocenters. The molecular formula is C21H22N4O6S. The van der Waals surface area contributed by atoms with Crippen LogP contribution in [0.4, 0.5) is 5.69 Å². The lowest BCUT2D eigenvalue weighted by Crippen LogP contribution is -2.78. The van der Waals surface area contributed by atoms with Crippen LogP contribution >= 0.6 is 11.8 Å². The zero-order valence-electron chi connectivity index (χ0n) is 17.6. The van der Waals surface area contributed by atoms with Crippen LogP contribution < -0.4 is 11.1 Å². The Morgan fingerprint density at radius 3 is 2.59 bits per heavy atom. The minimum Gasteiger partial charge on any atom is -0.480 e. The monoisotopic (exact) mass is 458 g/mol. The first-order valence-corrected chi connectivity index (χ1v) is 10.7. The first kappa shape index (κ1) is 22.0. The summed E-state index contributed by atoms with van der Waals surface area (Å²) in [6.07, 6.45) is 0. The third-order valence-electron chi connectivity index (χ3n) is 6.12. The summed E-state index contributed by atoms with van der Waals surface area (Å²) in [5.74, 6) is -2.15. The first-order valence-electron chi connectivity index (χ1n) is 9.86. The number of non-ortho nitro benzene ring substituents is 1. The fraction of sp³-hybridized carbons (Fsp3) is 0.381. The molecule has 2 amide bonds.